The number of aromatic hydroxyl groups is 1. The lowest BCUT2D eigenvalue weighted by Gasteiger charge is -2.39. The number of carbonyl (C=O) groups excluding carboxylic acids is 1. The molecular weight excluding hydrogens is 404 g/mol. The topological polar surface area (TPSA) is 79.6 Å². The highest BCUT2D eigenvalue weighted by Gasteiger charge is 2.42. The summed E-state index contributed by atoms with van der Waals surface area (Å²) < 4.78 is 8.02. The third kappa shape index (κ3) is 4.63. The van der Waals surface area contributed by atoms with Crippen molar-refractivity contribution in [2.45, 2.75) is 50.9 Å². The van der Waals surface area contributed by atoms with Crippen LogP contribution in [-0.4, -0.2) is 57.0 Å². The van der Waals surface area contributed by atoms with Gasteiger partial charge in [-0.25, -0.2) is 0 Å². The van der Waals surface area contributed by atoms with Gasteiger partial charge in [-0.1, -0.05) is 11.6 Å². The lowest BCUT2D eigenvalue weighted by molar-refractivity contribution is -0.0765. The Morgan fingerprint density at radius 1 is 1.33 bits per heavy atom. The zero-order valence-electron chi connectivity index (χ0n) is 17.5. The van der Waals surface area contributed by atoms with Crippen LogP contribution in [0.15, 0.2) is 24.3 Å². The quantitative estimate of drug-likeness (QED) is 0.759. The molecule has 4 rings (SSSR count). The van der Waals surface area contributed by atoms with E-state index in [1.165, 1.54) is 0 Å². The number of rotatable bonds is 5. The first-order valence-corrected chi connectivity index (χ1v) is 10.9. The van der Waals surface area contributed by atoms with Crippen molar-refractivity contribution >= 4 is 17.5 Å². The van der Waals surface area contributed by atoms with Crippen LogP contribution in [0.4, 0.5) is 0 Å². The molecule has 2 N–H and O–H groups in total. The van der Waals surface area contributed by atoms with Gasteiger partial charge in [-0.3, -0.25) is 14.4 Å². The number of carbonyl (C=O) groups is 1. The van der Waals surface area contributed by atoms with Crippen LogP contribution in [0.25, 0.3) is 0 Å². The van der Waals surface area contributed by atoms with E-state index in [-0.39, 0.29) is 23.4 Å². The SMILES string of the molecule is Cc1cc(C(=O)NC[C@@H]2CCC3(CCN(Cc4cc(Cl)ccc4O)CC3)O2)n(C)n1. The van der Waals surface area contributed by atoms with Gasteiger partial charge in [-0.05, 0) is 56.9 Å². The maximum Gasteiger partial charge on any atom is 0.269 e. The summed E-state index contributed by atoms with van der Waals surface area (Å²) in [7, 11) is 1.78. The number of hydrogen-bond donors (Lipinski definition) is 2. The maximum absolute atomic E-state index is 12.4. The number of aryl methyl sites for hydroxylation is 2. The summed E-state index contributed by atoms with van der Waals surface area (Å²) in [6, 6.07) is 6.97. The second kappa shape index (κ2) is 8.57. The first-order chi connectivity index (χ1) is 14.3. The largest absolute Gasteiger partial charge is 0.508 e. The van der Waals surface area contributed by atoms with Crippen LogP contribution in [0, 0.1) is 6.92 Å². The molecule has 7 nitrogen and oxygen atoms in total. The summed E-state index contributed by atoms with van der Waals surface area (Å²) in [4.78, 5) is 14.7. The third-order valence-electron chi connectivity index (χ3n) is 6.27. The highest BCUT2D eigenvalue weighted by atomic mass is 35.5. The average Bonchev–Trinajstić information content (AvgIpc) is 3.27. The molecule has 2 aliphatic rings. The number of hydrogen-bond acceptors (Lipinski definition) is 5. The molecular formula is C22H29ClN4O3. The number of phenolic OH excluding ortho intramolecular Hbond substituents is 1. The Bertz CT molecular complexity index is 921. The molecule has 0 saturated carbocycles. The van der Waals surface area contributed by atoms with Gasteiger partial charge in [0.25, 0.3) is 5.91 Å². The molecule has 8 heteroatoms. The minimum Gasteiger partial charge on any atom is -0.508 e. The van der Waals surface area contributed by atoms with E-state index in [0.717, 1.165) is 50.0 Å². The van der Waals surface area contributed by atoms with Crippen LogP contribution in [-0.2, 0) is 18.3 Å². The molecule has 2 fully saturated rings. The van der Waals surface area contributed by atoms with Gasteiger partial charge in [0.2, 0.25) is 0 Å². The van der Waals surface area contributed by atoms with Crippen molar-refractivity contribution in [3.63, 3.8) is 0 Å². The molecule has 1 spiro atoms. The first kappa shape index (κ1) is 21.2. The van der Waals surface area contributed by atoms with Gasteiger partial charge in [0.15, 0.2) is 0 Å². The monoisotopic (exact) mass is 432 g/mol. The van der Waals surface area contributed by atoms with E-state index >= 15 is 0 Å². The number of piperidine rings is 1. The van der Waals surface area contributed by atoms with Crippen molar-refractivity contribution in [1.82, 2.24) is 20.0 Å². The van der Waals surface area contributed by atoms with E-state index in [1.807, 2.05) is 13.0 Å². The minimum absolute atomic E-state index is 0.0480. The summed E-state index contributed by atoms with van der Waals surface area (Å²) in [5.41, 5.74) is 2.16. The van der Waals surface area contributed by atoms with Crippen LogP contribution in [0.2, 0.25) is 5.02 Å². The minimum atomic E-state index is -0.112. The lowest BCUT2D eigenvalue weighted by Crippen LogP contribution is -2.45. The van der Waals surface area contributed by atoms with Crippen LogP contribution >= 0.6 is 11.6 Å². The Balaban J connectivity index is 1.26. The highest BCUT2D eigenvalue weighted by Crippen LogP contribution is 2.39. The third-order valence-corrected chi connectivity index (χ3v) is 6.50. The molecule has 162 valence electrons. The standard InChI is InChI=1S/C22H29ClN4O3/c1-15-11-19(26(2)25-15)21(29)24-13-18-5-6-22(30-18)7-9-27(10-8-22)14-16-12-17(23)3-4-20(16)28/h3-4,11-12,18,28H,5-10,13-14H2,1-2H3,(H,24,29)/t18-/m0/s1. The second-order valence-electron chi connectivity index (χ2n) is 8.52. The summed E-state index contributed by atoms with van der Waals surface area (Å²) in [5.74, 6) is 0.176. The molecule has 30 heavy (non-hydrogen) atoms. The first-order valence-electron chi connectivity index (χ1n) is 10.5. The van der Waals surface area contributed by atoms with Crippen LogP contribution < -0.4 is 5.32 Å². The van der Waals surface area contributed by atoms with E-state index in [2.05, 4.69) is 15.3 Å². The molecule has 1 aromatic heterocycles. The molecule has 1 aromatic carbocycles. The van der Waals surface area contributed by atoms with E-state index in [1.54, 1.807) is 29.9 Å². The Labute approximate surface area is 182 Å². The number of aromatic nitrogens is 2. The molecule has 1 amide bonds. The van der Waals surface area contributed by atoms with Crippen LogP contribution in [0.1, 0.15) is 47.4 Å². The molecule has 2 aliphatic heterocycles. The fraction of sp³-hybridized carbons (Fsp3) is 0.545. The maximum atomic E-state index is 12.4. The number of phenols is 1. The molecule has 2 aromatic rings. The van der Waals surface area contributed by atoms with Gasteiger partial charge >= 0.3 is 0 Å². The van der Waals surface area contributed by atoms with Crippen LogP contribution in [0.5, 0.6) is 5.75 Å². The molecule has 0 radical (unpaired) electrons. The molecule has 2 saturated heterocycles. The van der Waals surface area contributed by atoms with Crippen molar-refractivity contribution < 1.29 is 14.6 Å². The van der Waals surface area contributed by atoms with Crippen molar-refractivity contribution in [3.05, 3.63) is 46.2 Å². The van der Waals surface area contributed by atoms with Crippen molar-refractivity contribution in [3.8, 4) is 5.75 Å². The number of benzene rings is 1. The second-order valence-corrected chi connectivity index (χ2v) is 8.95. The molecule has 0 unspecified atom stereocenters. The molecule has 1 atom stereocenters. The van der Waals surface area contributed by atoms with Crippen molar-refractivity contribution in [1.29, 1.82) is 0 Å². The van der Waals surface area contributed by atoms with Gasteiger partial charge in [0.1, 0.15) is 11.4 Å². The average molecular weight is 433 g/mol. The van der Waals surface area contributed by atoms with Crippen molar-refractivity contribution in [2.75, 3.05) is 19.6 Å². The van der Waals surface area contributed by atoms with E-state index in [0.29, 0.717) is 23.8 Å². The predicted molar refractivity (Wildman–Crippen MR) is 115 cm³/mol. The number of nitrogens with zero attached hydrogens (tertiary/aromatic N) is 3. The lowest BCUT2D eigenvalue weighted by atomic mass is 9.88. The van der Waals surface area contributed by atoms with Gasteiger partial charge < -0.3 is 15.2 Å². The smallest absolute Gasteiger partial charge is 0.269 e. The predicted octanol–water partition coefficient (Wildman–Crippen LogP) is 3.03. The summed E-state index contributed by atoms with van der Waals surface area (Å²) in [6.45, 7) is 4.91. The van der Waals surface area contributed by atoms with Crippen molar-refractivity contribution in [2.24, 2.45) is 7.05 Å². The summed E-state index contributed by atoms with van der Waals surface area (Å²) in [6.07, 6.45) is 3.94. The number of likely N-dealkylation sites (tertiary alicyclic amines) is 1. The summed E-state index contributed by atoms with van der Waals surface area (Å²) in [5, 5.41) is 17.9. The fourth-order valence-electron chi connectivity index (χ4n) is 4.57. The Morgan fingerprint density at radius 2 is 2.10 bits per heavy atom. The number of amides is 1. The Hall–Kier alpha value is -2.09. The van der Waals surface area contributed by atoms with Gasteiger partial charge in [0, 0.05) is 43.8 Å². The van der Waals surface area contributed by atoms with Gasteiger partial charge in [-0.15, -0.1) is 0 Å². The zero-order chi connectivity index (χ0) is 21.3. The normalized spacial score (nSPS) is 21.2. The number of nitrogens with one attached hydrogen (secondary N) is 1. The highest BCUT2D eigenvalue weighted by molar-refractivity contribution is 6.30. The van der Waals surface area contributed by atoms with Gasteiger partial charge in [-0.2, -0.15) is 5.10 Å². The number of halogens is 1. The summed E-state index contributed by atoms with van der Waals surface area (Å²) >= 11 is 6.07. The number of ether oxygens (including phenoxy) is 1. The van der Waals surface area contributed by atoms with Gasteiger partial charge in [0.05, 0.1) is 17.4 Å². The van der Waals surface area contributed by atoms with Crippen LogP contribution in [0.3, 0.4) is 0 Å². The Kier molecular flexibility index (Phi) is 6.04. The van der Waals surface area contributed by atoms with E-state index < -0.39 is 0 Å². The molecule has 0 bridgehead atoms. The fourth-order valence-corrected chi connectivity index (χ4v) is 4.76. The zero-order valence-corrected chi connectivity index (χ0v) is 18.3. The van der Waals surface area contributed by atoms with E-state index in [9.17, 15) is 9.90 Å². The molecule has 0 aliphatic carbocycles. The van der Waals surface area contributed by atoms with E-state index in [4.69, 9.17) is 16.3 Å². The molecule has 3 heterocycles. The Morgan fingerprint density at radius 3 is 2.80 bits per heavy atom.